The summed E-state index contributed by atoms with van der Waals surface area (Å²) in [4.78, 5) is 13.8. The lowest BCUT2D eigenvalue weighted by Gasteiger charge is -2.28. The van der Waals surface area contributed by atoms with Gasteiger partial charge in [-0.2, -0.15) is 0 Å². The summed E-state index contributed by atoms with van der Waals surface area (Å²) in [6.07, 6.45) is 3.78. The van der Waals surface area contributed by atoms with Crippen LogP contribution >= 0.6 is 11.8 Å². The molecule has 1 fully saturated rings. The number of carbonyl (C=O) groups is 1. The SMILES string of the molecule is Cc1ccc(CSCC(=O)N(C)CC2(O)CCCC2)cc1. The highest BCUT2D eigenvalue weighted by molar-refractivity contribution is 7.99. The molecule has 21 heavy (non-hydrogen) atoms. The van der Waals surface area contributed by atoms with E-state index in [1.807, 2.05) is 0 Å². The Balaban J connectivity index is 1.72. The average Bonchev–Trinajstić information content (AvgIpc) is 2.87. The van der Waals surface area contributed by atoms with Gasteiger partial charge in [0.05, 0.1) is 11.4 Å². The summed E-state index contributed by atoms with van der Waals surface area (Å²) in [5.74, 6) is 1.43. The van der Waals surface area contributed by atoms with Gasteiger partial charge >= 0.3 is 0 Å². The molecule has 1 saturated carbocycles. The minimum Gasteiger partial charge on any atom is -0.388 e. The Kier molecular flexibility index (Phi) is 5.71. The predicted octanol–water partition coefficient (Wildman–Crippen LogP) is 2.99. The van der Waals surface area contributed by atoms with Crippen molar-refractivity contribution in [3.63, 3.8) is 0 Å². The lowest BCUT2D eigenvalue weighted by atomic mass is 10.0. The van der Waals surface area contributed by atoms with Gasteiger partial charge in [0.25, 0.3) is 0 Å². The minimum absolute atomic E-state index is 0.104. The minimum atomic E-state index is -0.647. The first-order valence-electron chi connectivity index (χ1n) is 7.58. The van der Waals surface area contributed by atoms with E-state index in [1.54, 1.807) is 23.7 Å². The maximum absolute atomic E-state index is 12.1. The van der Waals surface area contributed by atoms with Crippen LogP contribution in [0.4, 0.5) is 0 Å². The largest absolute Gasteiger partial charge is 0.388 e. The fourth-order valence-electron chi connectivity index (χ4n) is 2.77. The van der Waals surface area contributed by atoms with Crippen LogP contribution in [0, 0.1) is 6.92 Å². The van der Waals surface area contributed by atoms with Gasteiger partial charge < -0.3 is 10.0 Å². The van der Waals surface area contributed by atoms with Crippen molar-refractivity contribution < 1.29 is 9.90 Å². The molecule has 0 radical (unpaired) electrons. The zero-order chi connectivity index (χ0) is 15.3. The van der Waals surface area contributed by atoms with Crippen LogP contribution in [0.2, 0.25) is 0 Å². The highest BCUT2D eigenvalue weighted by atomic mass is 32.2. The highest BCUT2D eigenvalue weighted by Gasteiger charge is 2.33. The first-order chi connectivity index (χ1) is 9.98. The van der Waals surface area contributed by atoms with Crippen molar-refractivity contribution in [2.45, 2.75) is 44.0 Å². The van der Waals surface area contributed by atoms with E-state index >= 15 is 0 Å². The topological polar surface area (TPSA) is 40.5 Å². The van der Waals surface area contributed by atoms with Crippen LogP contribution in [0.25, 0.3) is 0 Å². The van der Waals surface area contributed by atoms with Crippen LogP contribution in [0.1, 0.15) is 36.8 Å². The molecule has 0 unspecified atom stereocenters. The third-order valence-electron chi connectivity index (χ3n) is 4.11. The van der Waals surface area contributed by atoms with E-state index in [2.05, 4.69) is 31.2 Å². The van der Waals surface area contributed by atoms with E-state index in [1.165, 1.54) is 11.1 Å². The van der Waals surface area contributed by atoms with Gasteiger partial charge in [0.1, 0.15) is 0 Å². The van der Waals surface area contributed by atoms with E-state index in [-0.39, 0.29) is 5.91 Å². The van der Waals surface area contributed by atoms with Crippen molar-refractivity contribution in [1.29, 1.82) is 0 Å². The van der Waals surface area contributed by atoms with E-state index in [0.29, 0.717) is 12.3 Å². The molecule has 116 valence electrons. The zero-order valence-electron chi connectivity index (χ0n) is 13.0. The fraction of sp³-hybridized carbons (Fsp3) is 0.588. The number of hydrogen-bond acceptors (Lipinski definition) is 3. The van der Waals surface area contributed by atoms with Crippen molar-refractivity contribution in [1.82, 2.24) is 4.90 Å². The molecule has 1 aromatic carbocycles. The number of amides is 1. The second-order valence-corrected chi connectivity index (χ2v) is 7.15. The molecular weight excluding hydrogens is 282 g/mol. The zero-order valence-corrected chi connectivity index (χ0v) is 13.8. The summed E-state index contributed by atoms with van der Waals surface area (Å²) in [7, 11) is 1.80. The molecule has 1 aliphatic rings. The van der Waals surface area contributed by atoms with Crippen LogP contribution in [0.3, 0.4) is 0 Å². The summed E-state index contributed by atoms with van der Waals surface area (Å²) in [5.41, 5.74) is 1.85. The standard InChI is InChI=1S/C17H25NO2S/c1-14-5-7-15(8-6-14)11-21-12-16(19)18(2)13-17(20)9-3-4-10-17/h5-8,20H,3-4,9-13H2,1-2H3. The van der Waals surface area contributed by atoms with E-state index < -0.39 is 5.60 Å². The van der Waals surface area contributed by atoms with Crippen LogP contribution in [0.5, 0.6) is 0 Å². The monoisotopic (exact) mass is 307 g/mol. The quantitative estimate of drug-likeness (QED) is 0.878. The van der Waals surface area contributed by atoms with Crippen LogP contribution in [0.15, 0.2) is 24.3 Å². The van der Waals surface area contributed by atoms with Crippen molar-refractivity contribution >= 4 is 17.7 Å². The summed E-state index contributed by atoms with van der Waals surface area (Å²) in [6, 6.07) is 8.41. The van der Waals surface area contributed by atoms with Gasteiger partial charge in [0, 0.05) is 19.3 Å². The molecule has 0 aromatic heterocycles. The number of hydrogen-bond donors (Lipinski definition) is 1. The number of aliphatic hydroxyl groups is 1. The number of rotatable bonds is 6. The van der Waals surface area contributed by atoms with Crippen molar-refractivity contribution in [3.05, 3.63) is 35.4 Å². The molecule has 0 atom stereocenters. The molecule has 1 N–H and O–H groups in total. The summed E-state index contributed by atoms with van der Waals surface area (Å²) >= 11 is 1.63. The third-order valence-corrected chi connectivity index (χ3v) is 5.09. The average molecular weight is 307 g/mol. The predicted molar refractivity (Wildman–Crippen MR) is 88.4 cm³/mol. The Hall–Kier alpha value is -1.00. The van der Waals surface area contributed by atoms with Crippen LogP contribution in [-0.2, 0) is 10.5 Å². The van der Waals surface area contributed by atoms with E-state index in [9.17, 15) is 9.90 Å². The van der Waals surface area contributed by atoms with Gasteiger partial charge in [-0.25, -0.2) is 0 Å². The van der Waals surface area contributed by atoms with E-state index in [0.717, 1.165) is 31.4 Å². The van der Waals surface area contributed by atoms with Crippen molar-refractivity contribution in [3.8, 4) is 0 Å². The van der Waals surface area contributed by atoms with Gasteiger partial charge in [-0.05, 0) is 25.3 Å². The third kappa shape index (κ3) is 5.04. The Labute approximate surface area is 131 Å². The van der Waals surface area contributed by atoms with Gasteiger partial charge in [0.2, 0.25) is 5.91 Å². The molecular formula is C17H25NO2S. The lowest BCUT2D eigenvalue weighted by molar-refractivity contribution is -0.130. The molecule has 0 aliphatic heterocycles. The Morgan fingerprint density at radius 3 is 2.52 bits per heavy atom. The lowest BCUT2D eigenvalue weighted by Crippen LogP contribution is -2.42. The molecule has 1 amide bonds. The molecule has 0 bridgehead atoms. The number of carbonyl (C=O) groups excluding carboxylic acids is 1. The van der Waals surface area contributed by atoms with Gasteiger partial charge in [-0.15, -0.1) is 11.8 Å². The fourth-order valence-corrected chi connectivity index (χ4v) is 3.70. The maximum Gasteiger partial charge on any atom is 0.232 e. The first kappa shape index (κ1) is 16.4. The number of aryl methyl sites for hydroxylation is 1. The Morgan fingerprint density at radius 1 is 1.29 bits per heavy atom. The molecule has 3 nitrogen and oxygen atoms in total. The Bertz CT molecular complexity index is 466. The molecule has 4 heteroatoms. The number of likely N-dealkylation sites (N-methyl/N-ethyl adjacent to an activating group) is 1. The van der Waals surface area contributed by atoms with Gasteiger partial charge in [0.15, 0.2) is 0 Å². The second-order valence-electron chi connectivity index (χ2n) is 6.16. The van der Waals surface area contributed by atoms with Crippen molar-refractivity contribution in [2.24, 2.45) is 0 Å². The van der Waals surface area contributed by atoms with Crippen LogP contribution < -0.4 is 0 Å². The molecule has 0 saturated heterocycles. The smallest absolute Gasteiger partial charge is 0.232 e. The van der Waals surface area contributed by atoms with Gasteiger partial charge in [-0.3, -0.25) is 4.79 Å². The number of thioether (sulfide) groups is 1. The van der Waals surface area contributed by atoms with E-state index in [4.69, 9.17) is 0 Å². The summed E-state index contributed by atoms with van der Waals surface area (Å²) in [5, 5.41) is 10.3. The molecule has 0 heterocycles. The molecule has 1 aromatic rings. The van der Waals surface area contributed by atoms with Gasteiger partial charge in [-0.1, -0.05) is 42.7 Å². The molecule has 2 rings (SSSR count). The molecule has 0 spiro atoms. The number of benzene rings is 1. The van der Waals surface area contributed by atoms with Crippen molar-refractivity contribution in [2.75, 3.05) is 19.3 Å². The molecule has 1 aliphatic carbocycles. The Morgan fingerprint density at radius 2 is 1.90 bits per heavy atom. The normalized spacial score (nSPS) is 16.9. The highest BCUT2D eigenvalue weighted by Crippen LogP contribution is 2.30. The summed E-state index contributed by atoms with van der Waals surface area (Å²) < 4.78 is 0. The van der Waals surface area contributed by atoms with Crippen LogP contribution in [-0.4, -0.2) is 40.9 Å². The summed E-state index contributed by atoms with van der Waals surface area (Å²) in [6.45, 7) is 2.54. The maximum atomic E-state index is 12.1. The number of nitrogens with zero attached hydrogens (tertiary/aromatic N) is 1. The second kappa shape index (κ2) is 7.32. The first-order valence-corrected chi connectivity index (χ1v) is 8.74.